The van der Waals surface area contributed by atoms with E-state index in [0.29, 0.717) is 5.75 Å². The van der Waals surface area contributed by atoms with E-state index in [-0.39, 0.29) is 24.1 Å². The Bertz CT molecular complexity index is 444. The van der Waals surface area contributed by atoms with Crippen LogP contribution in [-0.4, -0.2) is 38.7 Å². The lowest BCUT2D eigenvalue weighted by molar-refractivity contribution is 0.0315. The second-order valence-corrected chi connectivity index (χ2v) is 4.53. The summed E-state index contributed by atoms with van der Waals surface area (Å²) in [6.07, 6.45) is 1.86. The molecule has 2 rings (SSSR count). The Morgan fingerprint density at radius 2 is 2.16 bits per heavy atom. The van der Waals surface area contributed by atoms with Gasteiger partial charge in [-0.25, -0.2) is 4.39 Å². The number of halogens is 1. The predicted octanol–water partition coefficient (Wildman–Crippen LogP) is 1.79. The summed E-state index contributed by atoms with van der Waals surface area (Å²) in [5, 5.41) is 3.22. The molecule has 1 aromatic rings. The maximum absolute atomic E-state index is 13.7. The predicted molar refractivity (Wildman–Crippen MR) is 69.1 cm³/mol. The highest BCUT2D eigenvalue weighted by atomic mass is 19.1. The largest absolute Gasteiger partial charge is 0.497 e. The molecule has 0 saturated carbocycles. The minimum atomic E-state index is -0.571. The topological polar surface area (TPSA) is 47.6 Å². The molecule has 0 atom stereocenters. The van der Waals surface area contributed by atoms with Crippen LogP contribution < -0.4 is 10.1 Å². The van der Waals surface area contributed by atoms with Gasteiger partial charge < -0.3 is 14.8 Å². The third-order valence-corrected chi connectivity index (χ3v) is 3.21. The number of rotatable bonds is 5. The summed E-state index contributed by atoms with van der Waals surface area (Å²) in [6.45, 7) is 1.72. The van der Waals surface area contributed by atoms with E-state index < -0.39 is 5.82 Å². The molecular formula is C14H18FNO3. The average molecular weight is 267 g/mol. The smallest absolute Gasteiger partial charge is 0.191 e. The van der Waals surface area contributed by atoms with Gasteiger partial charge in [-0.2, -0.15) is 0 Å². The van der Waals surface area contributed by atoms with Gasteiger partial charge in [0.05, 0.1) is 18.8 Å². The van der Waals surface area contributed by atoms with Crippen LogP contribution in [0.4, 0.5) is 4.39 Å². The van der Waals surface area contributed by atoms with Crippen LogP contribution in [0.25, 0.3) is 0 Å². The second-order valence-electron chi connectivity index (χ2n) is 4.53. The van der Waals surface area contributed by atoms with Crippen LogP contribution >= 0.6 is 0 Å². The van der Waals surface area contributed by atoms with Crippen molar-refractivity contribution in [3.8, 4) is 5.75 Å². The van der Waals surface area contributed by atoms with Crippen molar-refractivity contribution in [2.24, 2.45) is 0 Å². The zero-order chi connectivity index (χ0) is 13.7. The summed E-state index contributed by atoms with van der Waals surface area (Å²) in [4.78, 5) is 11.9. The lowest BCUT2D eigenvalue weighted by Gasteiger charge is -2.22. The van der Waals surface area contributed by atoms with Gasteiger partial charge in [0.2, 0.25) is 0 Å². The standard InChI is InChI=1S/C14H18FNO3/c1-18-11-2-3-12(13(15)8-11)14(17)9-19-10-4-6-16-7-5-10/h2-3,8,10,16H,4-7,9H2,1H3. The molecule has 5 heteroatoms. The van der Waals surface area contributed by atoms with Crippen LogP contribution in [0.1, 0.15) is 23.2 Å². The number of nitrogens with one attached hydrogen (secondary N) is 1. The highest BCUT2D eigenvalue weighted by Crippen LogP contribution is 2.17. The zero-order valence-corrected chi connectivity index (χ0v) is 10.9. The van der Waals surface area contributed by atoms with E-state index in [2.05, 4.69) is 5.32 Å². The van der Waals surface area contributed by atoms with Crippen LogP contribution in [0.3, 0.4) is 0 Å². The SMILES string of the molecule is COc1ccc(C(=O)COC2CCNCC2)c(F)c1. The van der Waals surface area contributed by atoms with Gasteiger partial charge >= 0.3 is 0 Å². The van der Waals surface area contributed by atoms with E-state index >= 15 is 0 Å². The molecule has 1 aliphatic heterocycles. The lowest BCUT2D eigenvalue weighted by Crippen LogP contribution is -2.33. The molecule has 0 radical (unpaired) electrons. The monoisotopic (exact) mass is 267 g/mol. The number of carbonyl (C=O) groups is 1. The number of ether oxygens (including phenoxy) is 2. The number of piperidine rings is 1. The molecule has 0 amide bonds. The second kappa shape index (κ2) is 6.63. The number of methoxy groups -OCH3 is 1. The fourth-order valence-electron chi connectivity index (χ4n) is 2.08. The van der Waals surface area contributed by atoms with Gasteiger partial charge in [-0.15, -0.1) is 0 Å². The van der Waals surface area contributed by atoms with E-state index in [0.717, 1.165) is 25.9 Å². The number of hydrogen-bond donors (Lipinski definition) is 1. The maximum Gasteiger partial charge on any atom is 0.191 e. The molecule has 0 unspecified atom stereocenters. The first-order chi connectivity index (χ1) is 9.20. The Morgan fingerprint density at radius 3 is 2.79 bits per heavy atom. The molecule has 0 aliphatic carbocycles. The molecule has 1 N–H and O–H groups in total. The Kier molecular flexibility index (Phi) is 4.87. The third kappa shape index (κ3) is 3.75. The molecule has 19 heavy (non-hydrogen) atoms. The van der Waals surface area contributed by atoms with Gasteiger partial charge in [0, 0.05) is 6.07 Å². The van der Waals surface area contributed by atoms with Crippen LogP contribution in [0.2, 0.25) is 0 Å². The molecule has 0 aromatic heterocycles. The molecule has 1 heterocycles. The Balaban J connectivity index is 1.92. The third-order valence-electron chi connectivity index (χ3n) is 3.21. The van der Waals surface area contributed by atoms with E-state index in [1.807, 2.05) is 0 Å². The molecule has 104 valence electrons. The van der Waals surface area contributed by atoms with Crippen molar-refractivity contribution in [2.75, 3.05) is 26.8 Å². The summed E-state index contributed by atoms with van der Waals surface area (Å²) in [7, 11) is 1.45. The molecule has 0 bridgehead atoms. The van der Waals surface area contributed by atoms with Gasteiger partial charge in [-0.1, -0.05) is 0 Å². The number of Topliss-reactive ketones (excluding diaryl/α,β-unsaturated/α-hetero) is 1. The van der Waals surface area contributed by atoms with Crippen LogP contribution in [0, 0.1) is 5.82 Å². The Labute approximate surface area is 111 Å². The van der Waals surface area contributed by atoms with Gasteiger partial charge in [0.1, 0.15) is 18.2 Å². The molecule has 1 fully saturated rings. The molecular weight excluding hydrogens is 249 g/mol. The van der Waals surface area contributed by atoms with Crippen molar-refractivity contribution < 1.29 is 18.7 Å². The maximum atomic E-state index is 13.7. The van der Waals surface area contributed by atoms with Crippen LogP contribution in [-0.2, 0) is 4.74 Å². The number of carbonyl (C=O) groups excluding carboxylic acids is 1. The summed E-state index contributed by atoms with van der Waals surface area (Å²) < 4.78 is 24.1. The van der Waals surface area contributed by atoms with Crippen LogP contribution in [0.15, 0.2) is 18.2 Å². The van der Waals surface area contributed by atoms with Gasteiger partial charge in [-0.3, -0.25) is 4.79 Å². The first-order valence-corrected chi connectivity index (χ1v) is 6.40. The van der Waals surface area contributed by atoms with Crippen molar-refractivity contribution in [2.45, 2.75) is 18.9 Å². The van der Waals surface area contributed by atoms with Crippen LogP contribution in [0.5, 0.6) is 5.75 Å². The fraction of sp³-hybridized carbons (Fsp3) is 0.500. The quantitative estimate of drug-likeness (QED) is 0.826. The van der Waals surface area contributed by atoms with Gasteiger partial charge in [-0.05, 0) is 38.1 Å². The number of hydrogen-bond acceptors (Lipinski definition) is 4. The normalized spacial score (nSPS) is 16.3. The Hall–Kier alpha value is -1.46. The van der Waals surface area contributed by atoms with E-state index in [4.69, 9.17) is 9.47 Å². The lowest BCUT2D eigenvalue weighted by atomic mass is 10.1. The highest BCUT2D eigenvalue weighted by molar-refractivity contribution is 5.97. The molecule has 1 saturated heterocycles. The molecule has 1 aromatic carbocycles. The first-order valence-electron chi connectivity index (χ1n) is 6.40. The van der Waals surface area contributed by atoms with E-state index in [9.17, 15) is 9.18 Å². The minimum Gasteiger partial charge on any atom is -0.497 e. The first kappa shape index (κ1) is 14.0. The summed E-state index contributed by atoms with van der Waals surface area (Å²) in [5.41, 5.74) is 0.0507. The zero-order valence-electron chi connectivity index (χ0n) is 10.9. The average Bonchev–Trinajstić information content (AvgIpc) is 2.45. The van der Waals surface area contributed by atoms with E-state index in [1.165, 1.54) is 19.2 Å². The molecule has 0 spiro atoms. The molecule has 4 nitrogen and oxygen atoms in total. The minimum absolute atomic E-state index is 0.0507. The van der Waals surface area contributed by atoms with Gasteiger partial charge in [0.25, 0.3) is 0 Å². The van der Waals surface area contributed by atoms with Crippen molar-refractivity contribution in [3.05, 3.63) is 29.6 Å². The fourth-order valence-corrected chi connectivity index (χ4v) is 2.08. The highest BCUT2D eigenvalue weighted by Gasteiger charge is 2.17. The molecule has 1 aliphatic rings. The number of ketones is 1. The van der Waals surface area contributed by atoms with Gasteiger partial charge in [0.15, 0.2) is 5.78 Å². The van der Waals surface area contributed by atoms with Crippen molar-refractivity contribution in [3.63, 3.8) is 0 Å². The summed E-state index contributed by atoms with van der Waals surface area (Å²) in [6, 6.07) is 4.21. The Morgan fingerprint density at radius 1 is 1.42 bits per heavy atom. The summed E-state index contributed by atoms with van der Waals surface area (Å²) in [5.74, 6) is -0.509. The number of benzene rings is 1. The summed E-state index contributed by atoms with van der Waals surface area (Å²) >= 11 is 0. The van der Waals surface area contributed by atoms with E-state index in [1.54, 1.807) is 6.07 Å². The van der Waals surface area contributed by atoms with Crippen molar-refractivity contribution in [1.29, 1.82) is 0 Å². The van der Waals surface area contributed by atoms with Crippen molar-refractivity contribution >= 4 is 5.78 Å². The van der Waals surface area contributed by atoms with Crippen molar-refractivity contribution in [1.82, 2.24) is 5.32 Å².